The minimum absolute atomic E-state index is 0.0610. The van der Waals surface area contributed by atoms with Gasteiger partial charge in [-0.15, -0.1) is 11.3 Å². The zero-order valence-corrected chi connectivity index (χ0v) is 18.9. The van der Waals surface area contributed by atoms with Crippen molar-refractivity contribution < 1.29 is 9.53 Å². The molecule has 0 aliphatic heterocycles. The Morgan fingerprint density at radius 1 is 1.16 bits per heavy atom. The predicted octanol–water partition coefficient (Wildman–Crippen LogP) is 4.27. The van der Waals surface area contributed by atoms with Crippen LogP contribution in [0.15, 0.2) is 60.0 Å². The summed E-state index contributed by atoms with van der Waals surface area (Å²) >= 11 is 1.34. The molecule has 3 aromatic rings. The summed E-state index contributed by atoms with van der Waals surface area (Å²) < 4.78 is 5.85. The average molecular weight is 451 g/mol. The number of thiazole rings is 1. The van der Waals surface area contributed by atoms with Crippen molar-refractivity contribution in [2.75, 3.05) is 17.7 Å². The Hall–Kier alpha value is -2.90. The van der Waals surface area contributed by atoms with Crippen molar-refractivity contribution in [1.82, 2.24) is 4.98 Å². The standard InChI is InChI=1S/C25H30N4O2S/c26-23(15-31-22-4-2-1-3-5-22)19-9-6-18(13-19)12-17-7-10-20(11-8-17)28-24(30)14-21-16-32-25(27)29-21/h1-5,7-8,10-11,16,18-19,23H,6,9,12-15,26H2,(H2,27,29)(H,28,30)/t18-,19+,23-/m1/s1. The third kappa shape index (κ3) is 6.31. The normalized spacial score (nSPS) is 18.9. The Balaban J connectivity index is 1.21. The van der Waals surface area contributed by atoms with Crippen LogP contribution in [0.5, 0.6) is 5.75 Å². The molecule has 0 radical (unpaired) electrons. The number of nitrogens with two attached hydrogens (primary N) is 2. The second kappa shape index (κ2) is 10.6. The van der Waals surface area contributed by atoms with Crippen molar-refractivity contribution in [2.24, 2.45) is 17.6 Å². The minimum Gasteiger partial charge on any atom is -0.492 e. The fraction of sp³-hybridized carbons (Fsp3) is 0.360. The van der Waals surface area contributed by atoms with Crippen LogP contribution in [0.4, 0.5) is 10.8 Å². The summed E-state index contributed by atoms with van der Waals surface area (Å²) in [5, 5.41) is 5.22. The first-order valence-corrected chi connectivity index (χ1v) is 11.9. The zero-order valence-electron chi connectivity index (χ0n) is 18.1. The zero-order chi connectivity index (χ0) is 22.3. The number of para-hydroxylation sites is 1. The van der Waals surface area contributed by atoms with Crippen molar-refractivity contribution >= 4 is 28.1 Å². The van der Waals surface area contributed by atoms with E-state index in [0.717, 1.165) is 30.7 Å². The predicted molar refractivity (Wildman–Crippen MR) is 130 cm³/mol. The molecule has 5 N–H and O–H groups in total. The molecular formula is C25H30N4O2S. The smallest absolute Gasteiger partial charge is 0.230 e. The van der Waals surface area contributed by atoms with E-state index in [1.54, 1.807) is 0 Å². The first kappa shape index (κ1) is 22.3. The van der Waals surface area contributed by atoms with E-state index in [0.29, 0.717) is 29.3 Å². The number of amides is 1. The number of aromatic nitrogens is 1. The largest absolute Gasteiger partial charge is 0.492 e. The molecular weight excluding hydrogens is 420 g/mol. The van der Waals surface area contributed by atoms with Crippen molar-refractivity contribution in [1.29, 1.82) is 0 Å². The molecule has 1 aromatic heterocycles. The van der Waals surface area contributed by atoms with Gasteiger partial charge in [-0.3, -0.25) is 4.79 Å². The molecule has 0 saturated heterocycles. The Labute approximate surface area is 193 Å². The van der Waals surface area contributed by atoms with Crippen molar-refractivity contribution in [3.05, 3.63) is 71.2 Å². The van der Waals surface area contributed by atoms with Gasteiger partial charge in [0, 0.05) is 17.1 Å². The van der Waals surface area contributed by atoms with Crippen LogP contribution in [0, 0.1) is 11.8 Å². The third-order valence-electron chi connectivity index (χ3n) is 6.05. The number of carbonyl (C=O) groups excluding carboxylic acids is 1. The quantitative estimate of drug-likeness (QED) is 0.452. The summed E-state index contributed by atoms with van der Waals surface area (Å²) in [6, 6.07) is 18.0. The number of ether oxygens (including phenoxy) is 1. The van der Waals surface area contributed by atoms with E-state index in [4.69, 9.17) is 16.2 Å². The molecule has 0 unspecified atom stereocenters. The Morgan fingerprint density at radius 3 is 2.66 bits per heavy atom. The number of rotatable bonds is 9. The molecule has 4 rings (SSSR count). The van der Waals surface area contributed by atoms with Crippen LogP contribution in [-0.4, -0.2) is 23.5 Å². The number of carbonyl (C=O) groups is 1. The molecule has 3 atom stereocenters. The van der Waals surface area contributed by atoms with Gasteiger partial charge in [-0.05, 0) is 67.3 Å². The van der Waals surface area contributed by atoms with Gasteiger partial charge < -0.3 is 21.5 Å². The summed E-state index contributed by atoms with van der Waals surface area (Å²) in [6.07, 6.45) is 4.75. The van der Waals surface area contributed by atoms with Crippen LogP contribution >= 0.6 is 11.3 Å². The maximum atomic E-state index is 12.2. The molecule has 6 nitrogen and oxygen atoms in total. The average Bonchev–Trinajstić information content (AvgIpc) is 3.43. The number of anilines is 2. The van der Waals surface area contributed by atoms with Crippen LogP contribution in [0.2, 0.25) is 0 Å². The topological polar surface area (TPSA) is 103 Å². The highest BCUT2D eigenvalue weighted by Gasteiger charge is 2.29. The van der Waals surface area contributed by atoms with Gasteiger partial charge in [0.15, 0.2) is 5.13 Å². The van der Waals surface area contributed by atoms with E-state index in [1.807, 2.05) is 47.8 Å². The van der Waals surface area contributed by atoms with Crippen LogP contribution in [0.3, 0.4) is 0 Å². The van der Waals surface area contributed by atoms with Gasteiger partial charge in [-0.1, -0.05) is 30.3 Å². The van der Waals surface area contributed by atoms with Crippen LogP contribution in [-0.2, 0) is 17.6 Å². The van der Waals surface area contributed by atoms with Gasteiger partial charge in [0.05, 0.1) is 12.1 Å². The maximum Gasteiger partial charge on any atom is 0.230 e. The van der Waals surface area contributed by atoms with Gasteiger partial charge in [0.2, 0.25) is 5.91 Å². The monoisotopic (exact) mass is 450 g/mol. The molecule has 0 bridgehead atoms. The van der Waals surface area contributed by atoms with Crippen LogP contribution < -0.4 is 21.5 Å². The van der Waals surface area contributed by atoms with E-state index >= 15 is 0 Å². The molecule has 1 aliphatic carbocycles. The molecule has 1 amide bonds. The van der Waals surface area contributed by atoms with Gasteiger partial charge in [0.1, 0.15) is 12.4 Å². The highest BCUT2D eigenvalue weighted by Crippen LogP contribution is 2.35. The van der Waals surface area contributed by atoms with Gasteiger partial charge in [-0.25, -0.2) is 4.98 Å². The molecule has 168 valence electrons. The fourth-order valence-corrected chi connectivity index (χ4v) is 4.93. The first-order chi connectivity index (χ1) is 15.5. The molecule has 7 heteroatoms. The highest BCUT2D eigenvalue weighted by molar-refractivity contribution is 7.13. The summed E-state index contributed by atoms with van der Waals surface area (Å²) in [5.74, 6) is 1.93. The van der Waals surface area contributed by atoms with E-state index in [2.05, 4.69) is 22.4 Å². The van der Waals surface area contributed by atoms with Crippen LogP contribution in [0.25, 0.3) is 0 Å². The number of hydrogen-bond donors (Lipinski definition) is 3. The molecule has 1 heterocycles. The number of nitrogens with one attached hydrogen (secondary N) is 1. The van der Waals surface area contributed by atoms with Gasteiger partial charge in [-0.2, -0.15) is 0 Å². The summed E-state index contributed by atoms with van der Waals surface area (Å²) in [7, 11) is 0. The van der Waals surface area contributed by atoms with E-state index in [1.165, 1.54) is 23.3 Å². The number of hydrogen-bond acceptors (Lipinski definition) is 6. The SMILES string of the molecule is Nc1nc(CC(=O)Nc2ccc(C[C@H]3CC[C@H]([C@H](N)COc4ccccc4)C3)cc2)cs1. The second-order valence-corrected chi connectivity index (χ2v) is 9.42. The molecule has 1 aliphatic rings. The summed E-state index contributed by atoms with van der Waals surface area (Å²) in [5.41, 5.74) is 14.8. The Bertz CT molecular complexity index is 1010. The number of nitrogens with zero attached hydrogens (tertiary/aromatic N) is 1. The molecule has 1 saturated carbocycles. The Morgan fingerprint density at radius 2 is 1.94 bits per heavy atom. The summed E-state index contributed by atoms with van der Waals surface area (Å²) in [6.45, 7) is 0.559. The lowest BCUT2D eigenvalue weighted by Crippen LogP contribution is -2.34. The third-order valence-corrected chi connectivity index (χ3v) is 6.77. The van der Waals surface area contributed by atoms with E-state index in [-0.39, 0.29) is 18.4 Å². The fourth-order valence-electron chi connectivity index (χ4n) is 4.36. The number of benzene rings is 2. The number of nitrogen functional groups attached to an aromatic ring is 1. The molecule has 2 aromatic carbocycles. The lowest BCUT2D eigenvalue weighted by atomic mass is 9.94. The molecule has 0 spiro atoms. The Kier molecular flexibility index (Phi) is 7.39. The molecule has 32 heavy (non-hydrogen) atoms. The van der Waals surface area contributed by atoms with E-state index < -0.39 is 0 Å². The maximum absolute atomic E-state index is 12.2. The first-order valence-electron chi connectivity index (χ1n) is 11.1. The van der Waals surface area contributed by atoms with Gasteiger partial charge in [0.25, 0.3) is 0 Å². The van der Waals surface area contributed by atoms with Crippen molar-refractivity contribution in [2.45, 2.75) is 38.1 Å². The van der Waals surface area contributed by atoms with Gasteiger partial charge >= 0.3 is 0 Å². The minimum atomic E-state index is -0.0895. The molecule has 1 fully saturated rings. The van der Waals surface area contributed by atoms with Crippen molar-refractivity contribution in [3.63, 3.8) is 0 Å². The van der Waals surface area contributed by atoms with E-state index in [9.17, 15) is 4.79 Å². The summed E-state index contributed by atoms with van der Waals surface area (Å²) in [4.78, 5) is 16.3. The lowest BCUT2D eigenvalue weighted by molar-refractivity contribution is -0.115. The second-order valence-electron chi connectivity index (χ2n) is 8.53. The van der Waals surface area contributed by atoms with Crippen LogP contribution in [0.1, 0.15) is 30.5 Å². The lowest BCUT2D eigenvalue weighted by Gasteiger charge is -2.20. The van der Waals surface area contributed by atoms with Crippen molar-refractivity contribution in [3.8, 4) is 5.75 Å². The highest BCUT2D eigenvalue weighted by atomic mass is 32.1.